The van der Waals surface area contributed by atoms with Gasteiger partial charge in [-0.3, -0.25) is 4.79 Å². The molecule has 1 saturated heterocycles. The Morgan fingerprint density at radius 2 is 1.92 bits per heavy atom. The van der Waals surface area contributed by atoms with E-state index in [-0.39, 0.29) is 41.6 Å². The molecule has 2 aliphatic heterocycles. The molecule has 38 heavy (non-hydrogen) atoms. The number of benzene rings is 2. The molecule has 1 unspecified atom stereocenters. The number of rotatable bonds is 5. The first kappa shape index (κ1) is 26.6. The molecule has 0 spiro atoms. The average molecular weight is 584 g/mol. The number of sulfonamides is 1. The number of hydrogen-bond acceptors (Lipinski definition) is 9. The number of tetrazole rings is 1. The Balaban J connectivity index is 1.56. The topological polar surface area (TPSA) is 161 Å². The van der Waals surface area contributed by atoms with Gasteiger partial charge < -0.3 is 10.6 Å². The van der Waals surface area contributed by atoms with Crippen LogP contribution in [0.5, 0.6) is 0 Å². The summed E-state index contributed by atoms with van der Waals surface area (Å²) in [4.78, 5) is 15.2. The van der Waals surface area contributed by atoms with Crippen LogP contribution in [0.15, 0.2) is 41.3 Å². The van der Waals surface area contributed by atoms with E-state index in [0.717, 1.165) is 12.3 Å². The van der Waals surface area contributed by atoms with E-state index in [4.69, 9.17) is 17.3 Å². The maximum absolute atomic E-state index is 15.3. The second-order valence-corrected chi connectivity index (χ2v) is 13.7. The molecule has 3 aromatic rings. The van der Waals surface area contributed by atoms with Gasteiger partial charge in [-0.2, -0.15) is 9.10 Å². The van der Waals surface area contributed by atoms with Gasteiger partial charge in [0.15, 0.2) is 9.84 Å². The number of anilines is 1. The molecule has 1 amide bonds. The number of amides is 1. The zero-order chi connectivity index (χ0) is 27.4. The van der Waals surface area contributed by atoms with Crippen LogP contribution >= 0.6 is 11.6 Å². The number of carbonyl (C=O) groups excluding carboxylic acids is 1. The van der Waals surface area contributed by atoms with E-state index < -0.39 is 49.4 Å². The molecule has 3 heterocycles. The first-order valence-corrected chi connectivity index (χ1v) is 15.3. The summed E-state index contributed by atoms with van der Waals surface area (Å²) in [5.74, 6) is -2.40. The number of hydrogen-bond donors (Lipinski definition) is 1. The zero-order valence-electron chi connectivity index (χ0n) is 20.0. The molecule has 202 valence electrons. The maximum atomic E-state index is 15.3. The van der Waals surface area contributed by atoms with Crippen LogP contribution in [0.2, 0.25) is 5.02 Å². The van der Waals surface area contributed by atoms with Crippen LogP contribution < -0.4 is 10.6 Å². The number of carbonyl (C=O) groups is 1. The van der Waals surface area contributed by atoms with Gasteiger partial charge in [-0.1, -0.05) is 23.7 Å². The van der Waals surface area contributed by atoms with Gasteiger partial charge in [-0.15, -0.1) is 10.2 Å². The summed E-state index contributed by atoms with van der Waals surface area (Å²) in [6.45, 7) is 0.384. The van der Waals surface area contributed by atoms with Crippen molar-refractivity contribution in [3.63, 3.8) is 0 Å². The Bertz CT molecular complexity index is 1630. The van der Waals surface area contributed by atoms with E-state index >= 15 is 4.39 Å². The van der Waals surface area contributed by atoms with Crippen molar-refractivity contribution in [3.05, 3.63) is 52.8 Å². The maximum Gasteiger partial charge on any atom is 0.245 e. The van der Waals surface area contributed by atoms with Crippen LogP contribution in [-0.2, 0) is 31.2 Å². The Morgan fingerprint density at radius 3 is 2.58 bits per heavy atom. The van der Waals surface area contributed by atoms with Crippen molar-refractivity contribution in [3.8, 4) is 11.4 Å². The minimum absolute atomic E-state index is 0.0409. The van der Waals surface area contributed by atoms with Crippen LogP contribution in [-0.4, -0.2) is 78.4 Å². The van der Waals surface area contributed by atoms with Crippen molar-refractivity contribution in [1.82, 2.24) is 24.5 Å². The van der Waals surface area contributed by atoms with Gasteiger partial charge in [-0.05, 0) is 41.5 Å². The molecule has 0 bridgehead atoms. The van der Waals surface area contributed by atoms with Crippen LogP contribution in [0.3, 0.4) is 0 Å². The molecule has 0 saturated carbocycles. The minimum atomic E-state index is -4.11. The lowest BCUT2D eigenvalue weighted by Crippen LogP contribution is -2.45. The quantitative estimate of drug-likeness (QED) is 0.461. The van der Waals surface area contributed by atoms with Gasteiger partial charge in [0, 0.05) is 18.1 Å². The molecule has 2 N–H and O–H groups in total. The molecule has 2 aromatic carbocycles. The largest absolute Gasteiger partial charge is 0.319 e. The van der Waals surface area contributed by atoms with Crippen molar-refractivity contribution in [1.29, 1.82) is 0 Å². The molecular weight excluding hydrogens is 561 g/mol. The third-order valence-electron chi connectivity index (χ3n) is 6.50. The lowest BCUT2D eigenvalue weighted by molar-refractivity contribution is -0.119. The molecule has 0 aliphatic carbocycles. The van der Waals surface area contributed by atoms with Gasteiger partial charge in [0.05, 0.1) is 46.8 Å². The molecular formula is C22H23ClFN7O5S2. The molecule has 16 heteroatoms. The van der Waals surface area contributed by atoms with Crippen molar-refractivity contribution in [2.45, 2.75) is 29.9 Å². The molecule has 1 aromatic heterocycles. The highest BCUT2D eigenvalue weighted by atomic mass is 35.5. The number of nitrogens with two attached hydrogens (primary N) is 1. The number of nitrogens with zero attached hydrogens (tertiary/aromatic N) is 6. The summed E-state index contributed by atoms with van der Waals surface area (Å²) in [7, 11) is -7.51. The molecule has 5 rings (SSSR count). The van der Waals surface area contributed by atoms with E-state index in [2.05, 4.69) is 15.4 Å². The lowest BCUT2D eigenvalue weighted by atomic mass is 10.1. The molecule has 12 nitrogen and oxygen atoms in total. The summed E-state index contributed by atoms with van der Waals surface area (Å²) in [5, 5.41) is 12.6. The van der Waals surface area contributed by atoms with E-state index in [9.17, 15) is 21.6 Å². The van der Waals surface area contributed by atoms with Gasteiger partial charge in [0.2, 0.25) is 21.8 Å². The Morgan fingerprint density at radius 1 is 1.21 bits per heavy atom. The van der Waals surface area contributed by atoms with Crippen LogP contribution in [0, 0.1) is 5.82 Å². The Labute approximate surface area is 223 Å². The smallest absolute Gasteiger partial charge is 0.245 e. The lowest BCUT2D eigenvalue weighted by Gasteiger charge is -2.24. The van der Waals surface area contributed by atoms with E-state index in [0.29, 0.717) is 17.0 Å². The molecule has 1 fully saturated rings. The summed E-state index contributed by atoms with van der Waals surface area (Å²) in [6.07, 6.45) is 1.55. The first-order valence-electron chi connectivity index (χ1n) is 11.5. The third-order valence-corrected chi connectivity index (χ3v) is 9.82. The normalized spacial score (nSPS) is 21.9. The number of halogens is 2. The highest BCUT2D eigenvalue weighted by molar-refractivity contribution is 7.91. The summed E-state index contributed by atoms with van der Waals surface area (Å²) >= 11 is 5.96. The second kappa shape index (κ2) is 9.64. The van der Waals surface area contributed by atoms with Crippen molar-refractivity contribution >= 4 is 43.1 Å². The fraction of sp³-hybridized carbons (Fsp3) is 0.364. The average Bonchev–Trinajstić information content (AvgIpc) is 3.52. The van der Waals surface area contributed by atoms with Gasteiger partial charge >= 0.3 is 0 Å². The molecule has 0 radical (unpaired) electrons. The van der Waals surface area contributed by atoms with Crippen molar-refractivity contribution in [2.75, 3.05) is 30.0 Å². The zero-order valence-corrected chi connectivity index (χ0v) is 22.4. The standard InChI is InChI=1S/C22H23ClFN7O5S2/c1-37(33,34)29-7-6-15(11-29)31-27-21(26-28-31)16-8-19-20(9-17(16)24)38(35,36)12-18(25)22(32)30(19)10-13-2-4-14(23)5-3-13/h2-5,8-9,15,18H,6-7,10-12,25H2,1H3/t15?,18-/m0/s1. The van der Waals surface area contributed by atoms with Crippen molar-refractivity contribution < 1.29 is 26.0 Å². The van der Waals surface area contributed by atoms with E-state index in [1.807, 2.05) is 0 Å². The minimum Gasteiger partial charge on any atom is -0.319 e. The van der Waals surface area contributed by atoms with E-state index in [1.165, 1.54) is 20.1 Å². The molecule has 2 atom stereocenters. The predicted molar refractivity (Wildman–Crippen MR) is 136 cm³/mol. The SMILES string of the molecule is CS(=O)(=O)N1CCC(n2nnc(-c3cc4c(cc3F)S(=O)(=O)C[C@H](N)C(=O)N4Cc3ccc(Cl)cc3)n2)C1. The first-order chi connectivity index (χ1) is 17.8. The Kier molecular flexibility index (Phi) is 6.76. The van der Waals surface area contributed by atoms with Crippen molar-refractivity contribution in [2.24, 2.45) is 5.73 Å². The molecule has 2 aliphatic rings. The highest BCUT2D eigenvalue weighted by Gasteiger charge is 2.38. The fourth-order valence-electron chi connectivity index (χ4n) is 4.51. The summed E-state index contributed by atoms with van der Waals surface area (Å²) in [6, 6.07) is 6.89. The van der Waals surface area contributed by atoms with Gasteiger partial charge in [0.1, 0.15) is 5.82 Å². The third kappa shape index (κ3) is 5.03. The Hall–Kier alpha value is -2.98. The van der Waals surface area contributed by atoms with Crippen LogP contribution in [0.1, 0.15) is 18.0 Å². The highest BCUT2D eigenvalue weighted by Crippen LogP contribution is 2.36. The predicted octanol–water partition coefficient (Wildman–Crippen LogP) is 0.987. The summed E-state index contributed by atoms with van der Waals surface area (Å²) in [5.41, 5.74) is 6.34. The second-order valence-electron chi connectivity index (χ2n) is 9.24. The van der Waals surface area contributed by atoms with Crippen LogP contribution in [0.4, 0.5) is 10.1 Å². The summed E-state index contributed by atoms with van der Waals surface area (Å²) < 4.78 is 66.4. The number of fused-ring (bicyclic) bond motifs is 1. The van der Waals surface area contributed by atoms with Gasteiger partial charge in [-0.25, -0.2) is 21.2 Å². The fourth-order valence-corrected chi connectivity index (χ4v) is 7.09. The van der Waals surface area contributed by atoms with E-state index in [1.54, 1.807) is 24.3 Å². The number of aromatic nitrogens is 4. The van der Waals surface area contributed by atoms with Crippen LogP contribution in [0.25, 0.3) is 11.4 Å². The number of sulfone groups is 1. The monoisotopic (exact) mass is 583 g/mol. The van der Waals surface area contributed by atoms with Gasteiger partial charge in [0.25, 0.3) is 0 Å².